The number of carbonyl (C=O) groups excluding carboxylic acids is 1. The van der Waals surface area contributed by atoms with Gasteiger partial charge in [-0.25, -0.2) is 4.98 Å². The largest absolute Gasteiger partial charge is 0.493 e. The van der Waals surface area contributed by atoms with Crippen LogP contribution in [-0.2, 0) is 6.54 Å². The number of nitrogens with zero attached hydrogens (tertiary/aromatic N) is 4. The van der Waals surface area contributed by atoms with Crippen LogP contribution in [0.1, 0.15) is 29.4 Å². The quantitative estimate of drug-likeness (QED) is 0.685. The molecule has 0 fully saturated rings. The molecule has 0 aliphatic rings. The van der Waals surface area contributed by atoms with Crippen molar-refractivity contribution in [2.75, 3.05) is 6.61 Å². The first-order chi connectivity index (χ1) is 11.7. The Kier molecular flexibility index (Phi) is 4.55. The molecule has 24 heavy (non-hydrogen) atoms. The minimum atomic E-state index is -0.624. The summed E-state index contributed by atoms with van der Waals surface area (Å²) in [6.45, 7) is 3.28. The Bertz CT molecular complexity index is 825. The Morgan fingerprint density at radius 2 is 2.25 bits per heavy atom. The minimum absolute atomic E-state index is 0.116. The molecule has 2 aromatic heterocycles. The molecule has 0 bridgehead atoms. The molecular formula is C16H18N6O2. The minimum Gasteiger partial charge on any atom is -0.493 e. The zero-order valence-electron chi connectivity index (χ0n) is 13.3. The molecule has 8 heteroatoms. The van der Waals surface area contributed by atoms with Crippen molar-refractivity contribution in [2.45, 2.75) is 19.9 Å². The molecule has 3 N–H and O–H groups in total. The fraction of sp³-hybridized carbons (Fsp3) is 0.250. The Morgan fingerprint density at radius 1 is 1.38 bits per heavy atom. The van der Waals surface area contributed by atoms with Gasteiger partial charge in [-0.05, 0) is 24.6 Å². The van der Waals surface area contributed by atoms with Crippen LogP contribution in [0.5, 0.6) is 5.75 Å². The number of imidazole rings is 1. The van der Waals surface area contributed by atoms with E-state index in [9.17, 15) is 4.79 Å². The number of aromatic nitrogens is 5. The summed E-state index contributed by atoms with van der Waals surface area (Å²) in [7, 11) is 0. The van der Waals surface area contributed by atoms with E-state index in [2.05, 4.69) is 27.3 Å². The summed E-state index contributed by atoms with van der Waals surface area (Å²) >= 11 is 0. The summed E-state index contributed by atoms with van der Waals surface area (Å²) in [4.78, 5) is 15.5. The standard InChI is InChI=1S/C16H18N6O2/c1-2-7-24-13-4-3-11(14-15(16(17)23)20-21-19-14)8-12(13)9-22-6-5-18-10-22/h3-6,8,10H,2,7,9H2,1H3,(H2,17,23)(H,19,20,21). The van der Waals surface area contributed by atoms with Crippen LogP contribution in [0.4, 0.5) is 0 Å². The Labute approximate surface area is 138 Å². The van der Waals surface area contributed by atoms with Crippen LogP contribution in [0.3, 0.4) is 0 Å². The normalized spacial score (nSPS) is 10.7. The van der Waals surface area contributed by atoms with E-state index < -0.39 is 5.91 Å². The third-order valence-electron chi connectivity index (χ3n) is 3.49. The van der Waals surface area contributed by atoms with E-state index in [0.717, 1.165) is 23.3 Å². The van der Waals surface area contributed by atoms with Crippen LogP contribution < -0.4 is 10.5 Å². The molecule has 8 nitrogen and oxygen atoms in total. The van der Waals surface area contributed by atoms with E-state index in [1.807, 2.05) is 29.0 Å². The molecule has 3 aromatic rings. The Balaban J connectivity index is 1.99. The predicted molar refractivity (Wildman–Crippen MR) is 87.5 cm³/mol. The number of H-pyrrole nitrogens is 1. The first-order valence-electron chi connectivity index (χ1n) is 7.61. The number of rotatable bonds is 7. The van der Waals surface area contributed by atoms with Gasteiger partial charge in [0.05, 0.1) is 19.5 Å². The van der Waals surface area contributed by atoms with Gasteiger partial charge in [0, 0.05) is 23.5 Å². The summed E-state index contributed by atoms with van der Waals surface area (Å²) in [5.41, 5.74) is 7.59. The first-order valence-corrected chi connectivity index (χ1v) is 7.61. The van der Waals surface area contributed by atoms with Crippen molar-refractivity contribution in [3.63, 3.8) is 0 Å². The maximum Gasteiger partial charge on any atom is 0.271 e. The number of hydrogen-bond acceptors (Lipinski definition) is 5. The molecule has 1 amide bonds. The Morgan fingerprint density at radius 3 is 2.96 bits per heavy atom. The van der Waals surface area contributed by atoms with E-state index in [1.165, 1.54) is 0 Å². The van der Waals surface area contributed by atoms with Crippen LogP contribution in [0.25, 0.3) is 11.3 Å². The second kappa shape index (κ2) is 6.95. The number of carbonyl (C=O) groups is 1. The van der Waals surface area contributed by atoms with E-state index in [4.69, 9.17) is 10.5 Å². The number of nitrogens with one attached hydrogen (secondary N) is 1. The number of primary amides is 1. The fourth-order valence-corrected chi connectivity index (χ4v) is 2.38. The highest BCUT2D eigenvalue weighted by molar-refractivity contribution is 5.96. The third-order valence-corrected chi connectivity index (χ3v) is 3.49. The summed E-state index contributed by atoms with van der Waals surface area (Å²) in [5.74, 6) is 0.166. The zero-order chi connectivity index (χ0) is 16.9. The van der Waals surface area contributed by atoms with Gasteiger partial charge in [-0.2, -0.15) is 15.4 Å². The second-order valence-corrected chi connectivity index (χ2v) is 5.29. The van der Waals surface area contributed by atoms with Gasteiger partial charge in [0.15, 0.2) is 5.69 Å². The molecule has 0 spiro atoms. The topological polar surface area (TPSA) is 112 Å². The molecule has 0 saturated heterocycles. The average Bonchev–Trinajstić information content (AvgIpc) is 3.25. The van der Waals surface area contributed by atoms with Gasteiger partial charge >= 0.3 is 0 Å². The number of benzene rings is 1. The van der Waals surface area contributed by atoms with Gasteiger partial charge in [-0.3, -0.25) is 4.79 Å². The van der Waals surface area contributed by atoms with Crippen LogP contribution >= 0.6 is 0 Å². The van der Waals surface area contributed by atoms with E-state index in [0.29, 0.717) is 18.8 Å². The van der Waals surface area contributed by atoms with Gasteiger partial charge < -0.3 is 15.0 Å². The van der Waals surface area contributed by atoms with Crippen molar-refractivity contribution in [2.24, 2.45) is 5.73 Å². The lowest BCUT2D eigenvalue weighted by atomic mass is 10.1. The van der Waals surface area contributed by atoms with Crippen LogP contribution in [0, 0.1) is 0 Å². The number of aromatic amines is 1. The van der Waals surface area contributed by atoms with Gasteiger partial charge in [-0.15, -0.1) is 0 Å². The SMILES string of the molecule is CCCOc1ccc(-c2n[nH]nc2C(N)=O)cc1Cn1ccnc1. The molecular weight excluding hydrogens is 308 g/mol. The maximum absolute atomic E-state index is 11.5. The molecule has 3 rings (SSSR count). The predicted octanol–water partition coefficient (Wildman–Crippen LogP) is 1.60. The number of amides is 1. The highest BCUT2D eigenvalue weighted by Crippen LogP contribution is 2.28. The molecule has 2 heterocycles. The summed E-state index contributed by atoms with van der Waals surface area (Å²) in [6, 6.07) is 5.64. The van der Waals surface area contributed by atoms with Crippen molar-refractivity contribution in [3.8, 4) is 17.0 Å². The number of hydrogen-bond donors (Lipinski definition) is 2. The summed E-state index contributed by atoms with van der Waals surface area (Å²) in [6.07, 6.45) is 6.25. The van der Waals surface area contributed by atoms with Gasteiger partial charge in [0.1, 0.15) is 11.4 Å². The third kappa shape index (κ3) is 3.27. The second-order valence-electron chi connectivity index (χ2n) is 5.29. The molecule has 0 aliphatic carbocycles. The molecule has 0 atom stereocenters. The van der Waals surface area contributed by atoms with Gasteiger partial charge in [0.2, 0.25) is 0 Å². The number of ether oxygens (including phenoxy) is 1. The lowest BCUT2D eigenvalue weighted by Crippen LogP contribution is -2.13. The molecule has 0 aliphatic heterocycles. The van der Waals surface area contributed by atoms with Crippen molar-refractivity contribution >= 4 is 5.91 Å². The molecule has 1 aromatic carbocycles. The monoisotopic (exact) mass is 326 g/mol. The van der Waals surface area contributed by atoms with Gasteiger partial charge in [0.25, 0.3) is 5.91 Å². The Hall–Kier alpha value is -3.16. The lowest BCUT2D eigenvalue weighted by molar-refractivity contribution is 0.0996. The first kappa shape index (κ1) is 15.7. The van der Waals surface area contributed by atoms with E-state index >= 15 is 0 Å². The van der Waals surface area contributed by atoms with E-state index in [1.54, 1.807) is 12.5 Å². The fourth-order valence-electron chi connectivity index (χ4n) is 2.38. The van der Waals surface area contributed by atoms with Crippen molar-refractivity contribution < 1.29 is 9.53 Å². The van der Waals surface area contributed by atoms with Crippen LogP contribution in [-0.4, -0.2) is 37.5 Å². The number of nitrogens with two attached hydrogens (primary N) is 1. The van der Waals surface area contributed by atoms with Crippen LogP contribution in [0.2, 0.25) is 0 Å². The highest BCUT2D eigenvalue weighted by Gasteiger charge is 2.17. The maximum atomic E-state index is 11.5. The van der Waals surface area contributed by atoms with Crippen molar-refractivity contribution in [3.05, 3.63) is 48.2 Å². The lowest BCUT2D eigenvalue weighted by Gasteiger charge is -2.13. The molecule has 0 radical (unpaired) electrons. The zero-order valence-corrected chi connectivity index (χ0v) is 13.3. The van der Waals surface area contributed by atoms with Crippen LogP contribution in [0.15, 0.2) is 36.9 Å². The molecule has 0 saturated carbocycles. The molecule has 0 unspecified atom stereocenters. The summed E-state index contributed by atoms with van der Waals surface area (Å²) in [5, 5.41) is 10.3. The molecule has 124 valence electrons. The van der Waals surface area contributed by atoms with Crippen molar-refractivity contribution in [1.29, 1.82) is 0 Å². The van der Waals surface area contributed by atoms with E-state index in [-0.39, 0.29) is 5.69 Å². The highest BCUT2D eigenvalue weighted by atomic mass is 16.5. The van der Waals surface area contributed by atoms with Crippen molar-refractivity contribution in [1.82, 2.24) is 25.0 Å². The smallest absolute Gasteiger partial charge is 0.271 e. The summed E-state index contributed by atoms with van der Waals surface area (Å²) < 4.78 is 7.76. The average molecular weight is 326 g/mol. The van der Waals surface area contributed by atoms with Gasteiger partial charge in [-0.1, -0.05) is 6.92 Å².